The van der Waals surface area contributed by atoms with E-state index in [4.69, 9.17) is 9.90 Å². The number of hydrogen-bond acceptors (Lipinski definition) is 7. The minimum atomic E-state index is -5.08. The zero-order chi connectivity index (χ0) is 25.2. The van der Waals surface area contributed by atoms with Gasteiger partial charge < -0.3 is 10.0 Å². The van der Waals surface area contributed by atoms with Gasteiger partial charge >= 0.3 is 12.1 Å². The highest BCUT2D eigenvalue weighted by atomic mass is 32.1. The van der Waals surface area contributed by atoms with Crippen molar-refractivity contribution in [1.29, 1.82) is 0 Å². The number of anilines is 1. The van der Waals surface area contributed by atoms with E-state index in [1.165, 1.54) is 9.75 Å². The normalized spacial score (nSPS) is 14.7. The number of aryl methyl sites for hydroxylation is 2. The van der Waals surface area contributed by atoms with Gasteiger partial charge in [-0.15, -0.1) is 11.3 Å². The SMILES string of the molecule is Cc1ccc(CN2CCN(c3nccn4c(-c5cnn(C)c5)cnc34)CC2)s1.O=C(O)C(F)(F)F. The molecule has 5 heterocycles. The smallest absolute Gasteiger partial charge is 0.475 e. The van der Waals surface area contributed by atoms with Crippen molar-refractivity contribution < 1.29 is 23.1 Å². The van der Waals surface area contributed by atoms with Crippen molar-refractivity contribution in [3.63, 3.8) is 0 Å². The fourth-order valence-electron chi connectivity index (χ4n) is 3.80. The van der Waals surface area contributed by atoms with E-state index in [1.807, 2.05) is 54.1 Å². The number of aromatic nitrogens is 5. The van der Waals surface area contributed by atoms with E-state index in [-0.39, 0.29) is 0 Å². The maximum Gasteiger partial charge on any atom is 0.490 e. The van der Waals surface area contributed by atoms with Gasteiger partial charge in [0, 0.05) is 73.7 Å². The molecule has 35 heavy (non-hydrogen) atoms. The fourth-order valence-corrected chi connectivity index (χ4v) is 4.74. The number of rotatable bonds is 4. The summed E-state index contributed by atoms with van der Waals surface area (Å²) in [7, 11) is 1.93. The third-order valence-electron chi connectivity index (χ3n) is 5.50. The number of imidazole rings is 1. The van der Waals surface area contributed by atoms with Gasteiger partial charge in [0.25, 0.3) is 0 Å². The third kappa shape index (κ3) is 5.80. The Kier molecular flexibility index (Phi) is 7.08. The van der Waals surface area contributed by atoms with Gasteiger partial charge in [0.05, 0.1) is 18.1 Å². The lowest BCUT2D eigenvalue weighted by molar-refractivity contribution is -0.192. The van der Waals surface area contributed by atoms with Gasteiger partial charge in [-0.1, -0.05) is 0 Å². The van der Waals surface area contributed by atoms with Crippen molar-refractivity contribution in [3.05, 3.63) is 52.9 Å². The molecule has 1 N–H and O–H groups in total. The molecule has 186 valence electrons. The summed E-state index contributed by atoms with van der Waals surface area (Å²) in [6.07, 6.45) is 4.55. The number of thiophene rings is 1. The van der Waals surface area contributed by atoms with Crippen molar-refractivity contribution in [2.75, 3.05) is 31.1 Å². The number of carboxylic acid groups (broad SMARTS) is 1. The molecule has 0 amide bonds. The van der Waals surface area contributed by atoms with E-state index in [2.05, 4.69) is 48.3 Å². The molecule has 1 saturated heterocycles. The Morgan fingerprint density at radius 1 is 1.14 bits per heavy atom. The van der Waals surface area contributed by atoms with E-state index < -0.39 is 12.1 Å². The highest BCUT2D eigenvalue weighted by molar-refractivity contribution is 7.11. The van der Waals surface area contributed by atoms with E-state index in [1.54, 1.807) is 0 Å². The van der Waals surface area contributed by atoms with Crippen molar-refractivity contribution in [3.8, 4) is 11.3 Å². The molecule has 0 unspecified atom stereocenters. The predicted molar refractivity (Wildman–Crippen MR) is 125 cm³/mol. The first-order valence-corrected chi connectivity index (χ1v) is 11.6. The standard InChI is InChI=1S/C20H23N7S.C2HF3O2/c1-15-3-4-17(28-15)14-25-7-9-26(10-8-25)19-20-22-12-18(27(20)6-5-21-19)16-11-23-24(2)13-16;3-2(4,5)1(6)7/h3-6,11-13H,7-10,14H2,1-2H3;(H,6,7). The fraction of sp³-hybridized carbons (Fsp3) is 0.364. The van der Waals surface area contributed by atoms with Crippen LogP contribution in [0.3, 0.4) is 0 Å². The van der Waals surface area contributed by atoms with Crippen LogP contribution in [-0.4, -0.2) is 72.5 Å². The highest BCUT2D eigenvalue weighted by Gasteiger charge is 2.38. The molecule has 0 radical (unpaired) electrons. The van der Waals surface area contributed by atoms with Crippen LogP contribution < -0.4 is 4.90 Å². The molecule has 0 aromatic carbocycles. The molecule has 1 aliphatic heterocycles. The van der Waals surface area contributed by atoms with Crippen LogP contribution in [0.2, 0.25) is 0 Å². The first-order chi connectivity index (χ1) is 16.6. The van der Waals surface area contributed by atoms with Crippen LogP contribution in [0.5, 0.6) is 0 Å². The first kappa shape index (κ1) is 24.7. The number of alkyl halides is 3. The summed E-state index contributed by atoms with van der Waals surface area (Å²) >= 11 is 1.90. The van der Waals surface area contributed by atoms with Crippen molar-refractivity contribution in [2.45, 2.75) is 19.6 Å². The number of carboxylic acids is 1. The molecule has 0 aliphatic carbocycles. The average molecular weight is 508 g/mol. The third-order valence-corrected chi connectivity index (χ3v) is 6.49. The number of piperazine rings is 1. The highest BCUT2D eigenvalue weighted by Crippen LogP contribution is 2.26. The summed E-state index contributed by atoms with van der Waals surface area (Å²) < 4.78 is 35.7. The number of hydrogen-bond donors (Lipinski definition) is 1. The molecular weight excluding hydrogens is 483 g/mol. The Bertz CT molecular complexity index is 1310. The number of nitrogens with zero attached hydrogens (tertiary/aromatic N) is 7. The van der Waals surface area contributed by atoms with Crippen LogP contribution in [0.4, 0.5) is 19.0 Å². The van der Waals surface area contributed by atoms with Crippen molar-refractivity contribution in [1.82, 2.24) is 29.0 Å². The predicted octanol–water partition coefficient (Wildman–Crippen LogP) is 3.46. The maximum atomic E-state index is 10.6. The Hall–Kier alpha value is -3.45. The zero-order valence-corrected chi connectivity index (χ0v) is 19.9. The Labute approximate surface area is 203 Å². The van der Waals surface area contributed by atoms with Gasteiger partial charge in [-0.2, -0.15) is 18.3 Å². The average Bonchev–Trinajstić information content (AvgIpc) is 3.53. The van der Waals surface area contributed by atoms with Crippen LogP contribution >= 0.6 is 11.3 Å². The van der Waals surface area contributed by atoms with Gasteiger partial charge in [-0.25, -0.2) is 14.8 Å². The molecule has 13 heteroatoms. The van der Waals surface area contributed by atoms with Crippen molar-refractivity contribution >= 4 is 28.8 Å². The van der Waals surface area contributed by atoms with E-state index >= 15 is 0 Å². The summed E-state index contributed by atoms with van der Waals surface area (Å²) in [6.45, 7) is 7.21. The lowest BCUT2D eigenvalue weighted by Crippen LogP contribution is -2.46. The Balaban J connectivity index is 0.000000364. The summed E-state index contributed by atoms with van der Waals surface area (Å²) in [5.74, 6) is -1.79. The van der Waals surface area contributed by atoms with Gasteiger partial charge in [0.15, 0.2) is 11.5 Å². The Morgan fingerprint density at radius 2 is 1.86 bits per heavy atom. The largest absolute Gasteiger partial charge is 0.490 e. The maximum absolute atomic E-state index is 10.6. The van der Waals surface area contributed by atoms with E-state index in [9.17, 15) is 13.2 Å². The number of carbonyl (C=O) groups is 1. The topological polar surface area (TPSA) is 91.8 Å². The molecule has 0 saturated carbocycles. The lowest BCUT2D eigenvalue weighted by Gasteiger charge is -2.35. The van der Waals surface area contributed by atoms with Crippen LogP contribution in [0, 0.1) is 6.92 Å². The Morgan fingerprint density at radius 3 is 2.43 bits per heavy atom. The molecule has 0 bridgehead atoms. The van der Waals surface area contributed by atoms with Crippen LogP contribution in [0.1, 0.15) is 9.75 Å². The monoisotopic (exact) mass is 507 g/mol. The molecule has 4 aromatic rings. The molecule has 9 nitrogen and oxygen atoms in total. The van der Waals surface area contributed by atoms with Gasteiger partial charge in [0.2, 0.25) is 0 Å². The van der Waals surface area contributed by atoms with Crippen LogP contribution in [0.25, 0.3) is 16.9 Å². The molecule has 4 aromatic heterocycles. The van der Waals surface area contributed by atoms with Crippen LogP contribution in [0.15, 0.2) is 43.1 Å². The minimum absolute atomic E-state index is 0.906. The number of aliphatic carboxylic acids is 1. The number of fused-ring (bicyclic) bond motifs is 1. The van der Waals surface area contributed by atoms with E-state index in [0.717, 1.165) is 55.4 Å². The first-order valence-electron chi connectivity index (χ1n) is 10.8. The summed E-state index contributed by atoms with van der Waals surface area (Å²) in [4.78, 5) is 25.9. The number of halogens is 3. The van der Waals surface area contributed by atoms with Gasteiger partial charge in [-0.3, -0.25) is 14.0 Å². The van der Waals surface area contributed by atoms with Gasteiger partial charge in [0.1, 0.15) is 0 Å². The second-order valence-electron chi connectivity index (χ2n) is 8.07. The molecule has 5 rings (SSSR count). The second-order valence-corrected chi connectivity index (χ2v) is 9.44. The molecule has 0 atom stereocenters. The minimum Gasteiger partial charge on any atom is -0.475 e. The van der Waals surface area contributed by atoms with Gasteiger partial charge in [-0.05, 0) is 19.1 Å². The van der Waals surface area contributed by atoms with Crippen molar-refractivity contribution in [2.24, 2.45) is 7.05 Å². The zero-order valence-electron chi connectivity index (χ0n) is 19.1. The lowest BCUT2D eigenvalue weighted by atomic mass is 10.3. The molecule has 1 aliphatic rings. The second kappa shape index (κ2) is 10.0. The summed E-state index contributed by atoms with van der Waals surface area (Å²) in [5, 5.41) is 11.4. The molecular formula is C22H24F3N7O2S. The summed E-state index contributed by atoms with van der Waals surface area (Å²) in [5.41, 5.74) is 3.00. The molecule has 1 fully saturated rings. The summed E-state index contributed by atoms with van der Waals surface area (Å²) in [6, 6.07) is 4.46. The quantitative estimate of drug-likeness (QED) is 0.452. The van der Waals surface area contributed by atoms with E-state index in [0.29, 0.717) is 0 Å². The molecule has 0 spiro atoms. The van der Waals surface area contributed by atoms with Crippen LogP contribution in [-0.2, 0) is 18.4 Å².